The molecule has 6 nitrogen and oxygen atoms in total. The minimum Gasteiger partial charge on any atom is -0.455 e. The molecule has 12 rings (SSSR count). The fourth-order valence-electron chi connectivity index (χ4n) is 8.99. The van der Waals surface area contributed by atoms with Crippen molar-refractivity contribution in [3.8, 4) is 17.2 Å². The number of hydrogen-bond acceptors (Lipinski definition) is 5. The van der Waals surface area contributed by atoms with Crippen molar-refractivity contribution in [1.82, 2.24) is 23.9 Å². The van der Waals surface area contributed by atoms with Crippen molar-refractivity contribution in [2.45, 2.75) is 22.9 Å². The van der Waals surface area contributed by atoms with Gasteiger partial charge in [-0.3, -0.25) is 8.97 Å². The quantitative estimate of drug-likeness (QED) is 0.168. The predicted molar refractivity (Wildman–Crippen MR) is 229 cm³/mol. The van der Waals surface area contributed by atoms with Crippen LogP contribution in [-0.2, 0) is 0 Å². The zero-order valence-electron chi connectivity index (χ0n) is 31.1. The van der Waals surface area contributed by atoms with Crippen molar-refractivity contribution in [3.63, 3.8) is 0 Å². The number of benzene rings is 7. The molecule has 0 atom stereocenters. The van der Waals surface area contributed by atoms with Crippen LogP contribution in [-0.4, -0.2) is 32.0 Å². The summed E-state index contributed by atoms with van der Waals surface area (Å²) in [4.78, 5) is 16.8. The van der Waals surface area contributed by atoms with Gasteiger partial charge >= 0.3 is 0 Å². The Labute approximate surface area is 331 Å². The van der Waals surface area contributed by atoms with Gasteiger partial charge in [0.1, 0.15) is 25.9 Å². The second-order valence-electron chi connectivity index (χ2n) is 15.3. The lowest BCUT2D eigenvalue weighted by molar-refractivity contribution is 0.455. The highest BCUT2D eigenvalue weighted by Crippen LogP contribution is 2.47. The summed E-state index contributed by atoms with van der Waals surface area (Å²) in [5.41, 5.74) is 5.37. The number of nitrogens with zero attached hydrogens (tertiary/aromatic N) is 5. The topological polar surface area (TPSA) is 57.2 Å². The van der Waals surface area contributed by atoms with Crippen LogP contribution in [0, 0.1) is 41.9 Å². The minimum absolute atomic E-state index is 0.868. The largest absolute Gasteiger partial charge is 0.455 e. The molecule has 0 bridgehead atoms. The first kappa shape index (κ1) is 32.5. The van der Waals surface area contributed by atoms with Gasteiger partial charge in [-0.1, -0.05) is 133 Å². The molecule has 8 heteroatoms. The molecule has 0 saturated carbocycles. The molecule has 1 aliphatic heterocycles. The molecule has 270 valence electrons. The Morgan fingerprint density at radius 1 is 0.579 bits per heavy atom. The van der Waals surface area contributed by atoms with Crippen LogP contribution in [0.2, 0.25) is 13.1 Å². The highest BCUT2D eigenvalue weighted by molar-refractivity contribution is 8.00. The molecule has 7 aromatic carbocycles. The van der Waals surface area contributed by atoms with Gasteiger partial charge in [0.25, 0.3) is 0 Å². The van der Waals surface area contributed by atoms with Gasteiger partial charge in [0, 0.05) is 16.6 Å². The van der Waals surface area contributed by atoms with Crippen LogP contribution in [0.1, 0.15) is 0 Å². The lowest BCUT2D eigenvalue weighted by Crippen LogP contribution is -2.53. The zero-order valence-corrected chi connectivity index (χ0v) is 33.0. The van der Waals surface area contributed by atoms with Crippen LogP contribution in [0.15, 0.2) is 174 Å². The summed E-state index contributed by atoms with van der Waals surface area (Å²) < 4.78 is 11.3. The first-order valence-corrected chi connectivity index (χ1v) is 23.0. The van der Waals surface area contributed by atoms with E-state index in [1.54, 1.807) is 6.33 Å². The van der Waals surface area contributed by atoms with E-state index in [4.69, 9.17) is 14.7 Å². The van der Waals surface area contributed by atoms with Crippen molar-refractivity contribution in [3.05, 3.63) is 206 Å². The van der Waals surface area contributed by atoms with Crippen LogP contribution in [0.4, 0.5) is 0 Å². The van der Waals surface area contributed by atoms with E-state index in [0.29, 0.717) is 0 Å². The van der Waals surface area contributed by atoms with E-state index in [0.717, 1.165) is 70.9 Å². The highest BCUT2D eigenvalue weighted by Gasteiger charge is 2.33. The Hall–Kier alpha value is -6.74. The predicted octanol–water partition coefficient (Wildman–Crippen LogP) is 9.76. The van der Waals surface area contributed by atoms with Gasteiger partial charge in [-0.15, -0.1) is 0 Å². The molecule has 0 N–H and O–H groups in total. The average Bonchev–Trinajstić information content (AvgIpc) is 3.79. The van der Waals surface area contributed by atoms with Gasteiger partial charge in [-0.2, -0.15) is 0 Å². The Kier molecular flexibility index (Phi) is 6.91. The smallest absolute Gasteiger partial charge is 0.220 e. The number of ether oxygens (including phenoxy) is 1. The molecule has 0 unspecified atom stereocenters. The number of hydrogen-bond donors (Lipinski definition) is 0. The van der Waals surface area contributed by atoms with Gasteiger partial charge in [0.2, 0.25) is 5.78 Å². The maximum Gasteiger partial charge on any atom is 0.220 e. The molecule has 2 aliphatic rings. The summed E-state index contributed by atoms with van der Waals surface area (Å²) in [6, 6.07) is 54.5. The summed E-state index contributed by atoms with van der Waals surface area (Å²) in [6.45, 7) is 4.92. The van der Waals surface area contributed by atoms with Gasteiger partial charge in [0.05, 0.1) is 42.9 Å². The standard InChI is InChI=1S/C49H33N5OSSi/c1-57(2,31-23-24-36-37(27-31)34-14-5-3-12-32(34)33-13-4-6-15-35(33)38-28-50-29-51-47(36)38)46-21-11-20-44-48(46)56-45-26-30(22-25-43(45)55-44)53-41-18-9-10-19-42(41)54-40-17-8-7-16-39(40)52-49(53)54/h3-29H,1-2H3/b33-32-,37-34-,38-35-,47-36+. The number of rotatable bonds is 3. The molecular weight excluding hydrogens is 735 g/mol. The maximum absolute atomic E-state index is 6.74. The van der Waals surface area contributed by atoms with Crippen LogP contribution in [0.25, 0.3) is 33.5 Å². The molecule has 0 spiro atoms. The fraction of sp³-hybridized carbons (Fsp3) is 0.0408. The molecule has 0 fully saturated rings. The van der Waals surface area contributed by atoms with Crippen LogP contribution in [0.5, 0.6) is 11.5 Å². The molecule has 57 heavy (non-hydrogen) atoms. The second-order valence-corrected chi connectivity index (χ2v) is 20.7. The normalized spacial score (nSPS) is 15.3. The Bertz CT molecular complexity index is 3760. The lowest BCUT2D eigenvalue weighted by atomic mass is 10.0. The van der Waals surface area contributed by atoms with E-state index in [9.17, 15) is 0 Å². The third-order valence-corrected chi connectivity index (χ3v) is 16.7. The van der Waals surface area contributed by atoms with Crippen molar-refractivity contribution < 1.29 is 4.74 Å². The Balaban J connectivity index is 1.04. The zero-order chi connectivity index (χ0) is 37.8. The first-order valence-electron chi connectivity index (χ1n) is 19.2. The van der Waals surface area contributed by atoms with Gasteiger partial charge < -0.3 is 4.74 Å². The maximum atomic E-state index is 6.74. The summed E-state index contributed by atoms with van der Waals surface area (Å²) >= 11 is 1.82. The highest BCUT2D eigenvalue weighted by atomic mass is 32.2. The number of fused-ring (bicyclic) bond motifs is 11. The molecule has 1 aliphatic carbocycles. The number of imidazole rings is 2. The summed E-state index contributed by atoms with van der Waals surface area (Å²) in [7, 11) is -2.34. The van der Waals surface area contributed by atoms with E-state index in [1.165, 1.54) is 36.1 Å². The molecule has 0 amide bonds. The van der Waals surface area contributed by atoms with Crippen molar-refractivity contribution in [1.29, 1.82) is 0 Å². The summed E-state index contributed by atoms with van der Waals surface area (Å²) in [6.07, 6.45) is 3.63. The van der Waals surface area contributed by atoms with Crippen molar-refractivity contribution in [2.24, 2.45) is 0 Å². The van der Waals surface area contributed by atoms with Gasteiger partial charge in [-0.05, 0) is 79.8 Å². The first-order chi connectivity index (χ1) is 28.0. The van der Waals surface area contributed by atoms with E-state index in [2.05, 4.69) is 173 Å². The molecule has 0 saturated heterocycles. The van der Waals surface area contributed by atoms with Crippen LogP contribution >= 0.6 is 11.8 Å². The van der Waals surface area contributed by atoms with Gasteiger partial charge in [-0.25, -0.2) is 15.0 Å². The monoisotopic (exact) mass is 767 g/mol. The molecule has 4 heterocycles. The summed E-state index contributed by atoms with van der Waals surface area (Å²) in [5.74, 6) is 2.67. The fourth-order valence-corrected chi connectivity index (χ4v) is 13.4. The minimum atomic E-state index is -2.34. The van der Waals surface area contributed by atoms with Crippen LogP contribution in [0.3, 0.4) is 0 Å². The Morgan fingerprint density at radius 3 is 2.09 bits per heavy atom. The van der Waals surface area contributed by atoms with E-state index < -0.39 is 8.07 Å². The van der Waals surface area contributed by atoms with Gasteiger partial charge in [0.15, 0.2) is 0 Å². The molecular formula is C49H33N5OSSi. The Morgan fingerprint density at radius 2 is 1.28 bits per heavy atom. The van der Waals surface area contributed by atoms with Crippen molar-refractivity contribution in [2.75, 3.05) is 0 Å². The SMILES string of the molecule is C[Si](C)(c1ccc2/c(c1)=c1/cccc/c1=c1\cccc\c1=c1/cncn/c1=2)c1cccc2c1Sc1cc(-n3c4ccccc4n4c5ccccc5nc34)ccc1O2. The average molecular weight is 768 g/mol. The summed E-state index contributed by atoms with van der Waals surface area (Å²) in [5, 5.41) is 11.8. The molecule has 3 aromatic heterocycles. The third-order valence-electron chi connectivity index (χ3n) is 11.8. The lowest BCUT2D eigenvalue weighted by Gasteiger charge is -2.30. The van der Waals surface area contributed by atoms with Crippen molar-refractivity contribution >= 4 is 58.1 Å². The second kappa shape index (κ2) is 12.1. The number of aromatic nitrogens is 5. The van der Waals surface area contributed by atoms with E-state index in [1.807, 2.05) is 24.0 Å². The third kappa shape index (κ3) is 4.75. The van der Waals surface area contributed by atoms with E-state index in [-0.39, 0.29) is 0 Å². The van der Waals surface area contributed by atoms with Crippen LogP contribution < -0.4 is 15.1 Å². The van der Waals surface area contributed by atoms with E-state index >= 15 is 0 Å². The molecule has 0 radical (unpaired) electrons. The molecule has 10 aromatic rings. The number of para-hydroxylation sites is 4.